The molecule has 0 spiro atoms. The Kier molecular flexibility index (Phi) is 8.80. The Morgan fingerprint density at radius 2 is 2.00 bits per heavy atom. The molecule has 2 aromatic rings. The fourth-order valence-electron chi connectivity index (χ4n) is 2.55. The Labute approximate surface area is 180 Å². The molecule has 0 fully saturated rings. The smallest absolute Gasteiger partial charge is 0.387 e. The fraction of sp³-hybridized carbons (Fsp3) is 0.429. The van der Waals surface area contributed by atoms with Gasteiger partial charge in [-0.2, -0.15) is 8.78 Å². The maximum atomic E-state index is 12.5. The molecule has 2 rings (SSSR count). The van der Waals surface area contributed by atoms with Gasteiger partial charge in [0.05, 0.1) is 6.54 Å². The third-order valence-electron chi connectivity index (χ3n) is 4.69. The van der Waals surface area contributed by atoms with E-state index in [9.17, 15) is 13.6 Å². The summed E-state index contributed by atoms with van der Waals surface area (Å²) in [7, 11) is 1.68. The van der Waals surface area contributed by atoms with Gasteiger partial charge in [0.1, 0.15) is 17.4 Å². The van der Waals surface area contributed by atoms with E-state index in [1.165, 1.54) is 12.1 Å². The van der Waals surface area contributed by atoms with Crippen LogP contribution in [0.5, 0.6) is 11.6 Å². The zero-order chi connectivity index (χ0) is 22.1. The lowest BCUT2D eigenvalue weighted by Crippen LogP contribution is -2.50. The van der Waals surface area contributed by atoms with Gasteiger partial charge in [0.2, 0.25) is 11.8 Å². The number of carbonyl (C=O) groups is 1. The number of hydrogen-bond donors (Lipinski definition) is 1. The van der Waals surface area contributed by atoms with E-state index in [-0.39, 0.29) is 18.2 Å². The van der Waals surface area contributed by atoms with Crippen molar-refractivity contribution < 1.29 is 23.0 Å². The minimum absolute atomic E-state index is 0.0797. The second-order valence-corrected chi connectivity index (χ2v) is 7.53. The number of aromatic nitrogens is 1. The number of nitrogens with one attached hydrogen (secondary N) is 1. The summed E-state index contributed by atoms with van der Waals surface area (Å²) in [5, 5.41) is 3.67. The molecule has 1 amide bonds. The number of ether oxygens (including phenoxy) is 2. The summed E-state index contributed by atoms with van der Waals surface area (Å²) >= 11 is 6.06. The van der Waals surface area contributed by atoms with Crippen molar-refractivity contribution in [3.8, 4) is 11.6 Å². The van der Waals surface area contributed by atoms with Crippen LogP contribution in [0.1, 0.15) is 25.8 Å². The van der Waals surface area contributed by atoms with E-state index in [0.29, 0.717) is 24.1 Å². The quantitative estimate of drug-likeness (QED) is 0.568. The molecule has 0 bridgehead atoms. The fourth-order valence-corrected chi connectivity index (χ4v) is 2.72. The van der Waals surface area contributed by atoms with Crippen molar-refractivity contribution in [2.75, 3.05) is 20.2 Å². The summed E-state index contributed by atoms with van der Waals surface area (Å²) < 4.78 is 34.5. The number of hydrogen-bond acceptors (Lipinski definition) is 5. The number of pyridine rings is 1. The molecule has 9 heteroatoms. The van der Waals surface area contributed by atoms with Gasteiger partial charge in [0.15, 0.2) is 0 Å². The van der Waals surface area contributed by atoms with Crippen molar-refractivity contribution in [2.45, 2.75) is 39.0 Å². The van der Waals surface area contributed by atoms with Crippen LogP contribution in [-0.2, 0) is 11.3 Å². The standard InChI is InChI=1S/C21H26ClF2N3O3/c1-4-21(2,14-29-19-17(22)6-5-11-25-19)26-12-18(28)27(3)13-15-7-9-16(10-8-15)30-20(23)24/h5-11,20,26H,4,12-14H2,1-3H3/t21-/m1/s1. The Bertz CT molecular complexity index is 823. The van der Waals surface area contributed by atoms with E-state index in [1.54, 1.807) is 42.4 Å². The predicted molar refractivity (Wildman–Crippen MR) is 111 cm³/mol. The number of amides is 1. The zero-order valence-electron chi connectivity index (χ0n) is 17.2. The Morgan fingerprint density at radius 1 is 1.30 bits per heavy atom. The maximum absolute atomic E-state index is 12.5. The van der Waals surface area contributed by atoms with Gasteiger partial charge in [0.25, 0.3) is 0 Å². The highest BCUT2D eigenvalue weighted by Gasteiger charge is 2.25. The number of nitrogens with zero attached hydrogens (tertiary/aromatic N) is 2. The van der Waals surface area contributed by atoms with E-state index in [4.69, 9.17) is 16.3 Å². The molecule has 0 aliphatic carbocycles. The average molecular weight is 442 g/mol. The molecular weight excluding hydrogens is 416 g/mol. The molecule has 30 heavy (non-hydrogen) atoms. The minimum Gasteiger partial charge on any atom is -0.475 e. The molecule has 0 saturated carbocycles. The molecule has 1 heterocycles. The Hall–Kier alpha value is -2.45. The number of halogens is 3. The molecule has 0 unspecified atom stereocenters. The average Bonchev–Trinajstić information content (AvgIpc) is 2.72. The molecule has 1 aromatic heterocycles. The van der Waals surface area contributed by atoms with E-state index in [0.717, 1.165) is 12.0 Å². The highest BCUT2D eigenvalue weighted by Crippen LogP contribution is 2.22. The highest BCUT2D eigenvalue weighted by molar-refractivity contribution is 6.31. The Balaban J connectivity index is 1.85. The van der Waals surface area contributed by atoms with Gasteiger partial charge >= 0.3 is 6.61 Å². The second kappa shape index (κ2) is 11.1. The van der Waals surface area contributed by atoms with Gasteiger partial charge in [0, 0.05) is 25.3 Å². The summed E-state index contributed by atoms with van der Waals surface area (Å²) in [6.45, 7) is 1.84. The second-order valence-electron chi connectivity index (χ2n) is 7.12. The molecule has 0 saturated heterocycles. The summed E-state index contributed by atoms with van der Waals surface area (Å²) in [6, 6.07) is 9.62. The molecule has 0 radical (unpaired) electrons. The zero-order valence-corrected chi connectivity index (χ0v) is 18.0. The number of rotatable bonds is 11. The summed E-state index contributed by atoms with van der Waals surface area (Å²) in [4.78, 5) is 18.2. The summed E-state index contributed by atoms with van der Waals surface area (Å²) in [6.07, 6.45) is 2.32. The van der Waals surface area contributed by atoms with E-state index < -0.39 is 12.2 Å². The molecule has 0 aliphatic heterocycles. The number of alkyl halides is 2. The molecule has 164 valence electrons. The minimum atomic E-state index is -2.86. The van der Waals surface area contributed by atoms with Crippen LogP contribution in [0.25, 0.3) is 0 Å². The molecule has 6 nitrogen and oxygen atoms in total. The molecule has 1 aromatic carbocycles. The van der Waals surface area contributed by atoms with Gasteiger partial charge in [-0.25, -0.2) is 4.98 Å². The lowest BCUT2D eigenvalue weighted by atomic mass is 10.0. The van der Waals surface area contributed by atoms with E-state index in [2.05, 4.69) is 15.0 Å². The van der Waals surface area contributed by atoms with Crippen LogP contribution in [0.2, 0.25) is 5.02 Å². The topological polar surface area (TPSA) is 63.7 Å². The lowest BCUT2D eigenvalue weighted by Gasteiger charge is -2.30. The van der Waals surface area contributed by atoms with Crippen LogP contribution in [-0.4, -0.2) is 48.1 Å². The van der Waals surface area contributed by atoms with Crippen molar-refractivity contribution in [1.29, 1.82) is 0 Å². The van der Waals surface area contributed by atoms with E-state index in [1.807, 2.05) is 13.8 Å². The summed E-state index contributed by atoms with van der Waals surface area (Å²) in [5.74, 6) is 0.318. The maximum Gasteiger partial charge on any atom is 0.387 e. The van der Waals surface area contributed by atoms with Crippen molar-refractivity contribution in [1.82, 2.24) is 15.2 Å². The highest BCUT2D eigenvalue weighted by atomic mass is 35.5. The van der Waals surface area contributed by atoms with Gasteiger partial charge in [-0.1, -0.05) is 30.7 Å². The molecule has 1 atom stereocenters. The van der Waals surface area contributed by atoms with Crippen LogP contribution < -0.4 is 14.8 Å². The van der Waals surface area contributed by atoms with Crippen LogP contribution in [0, 0.1) is 0 Å². The number of carbonyl (C=O) groups excluding carboxylic acids is 1. The van der Waals surface area contributed by atoms with Crippen LogP contribution >= 0.6 is 11.6 Å². The molecular formula is C21H26ClF2N3O3. The third kappa shape index (κ3) is 7.42. The SMILES string of the molecule is CC[C@](C)(COc1ncccc1Cl)NCC(=O)N(C)Cc1ccc(OC(F)F)cc1. The monoisotopic (exact) mass is 441 g/mol. The van der Waals surface area contributed by atoms with Gasteiger partial charge in [-0.3, -0.25) is 10.1 Å². The lowest BCUT2D eigenvalue weighted by molar-refractivity contribution is -0.129. The molecule has 1 N–H and O–H groups in total. The van der Waals surface area contributed by atoms with Crippen molar-refractivity contribution >= 4 is 17.5 Å². The van der Waals surface area contributed by atoms with Crippen molar-refractivity contribution in [3.63, 3.8) is 0 Å². The number of benzene rings is 1. The van der Waals surface area contributed by atoms with Crippen LogP contribution in [0.4, 0.5) is 8.78 Å². The number of likely N-dealkylation sites (N-methyl/N-ethyl adjacent to an activating group) is 1. The molecule has 0 aliphatic rings. The van der Waals surface area contributed by atoms with Gasteiger partial charge < -0.3 is 14.4 Å². The van der Waals surface area contributed by atoms with Crippen molar-refractivity contribution in [2.24, 2.45) is 0 Å². The summed E-state index contributed by atoms with van der Waals surface area (Å²) in [5.41, 5.74) is 0.352. The largest absolute Gasteiger partial charge is 0.475 e. The van der Waals surface area contributed by atoms with Gasteiger partial charge in [-0.15, -0.1) is 0 Å². The normalized spacial score (nSPS) is 13.0. The van der Waals surface area contributed by atoms with Crippen LogP contribution in [0.15, 0.2) is 42.6 Å². The third-order valence-corrected chi connectivity index (χ3v) is 4.98. The predicted octanol–water partition coefficient (Wildman–Crippen LogP) is 4.13. The van der Waals surface area contributed by atoms with E-state index >= 15 is 0 Å². The van der Waals surface area contributed by atoms with Gasteiger partial charge in [-0.05, 0) is 43.2 Å². The first kappa shape index (κ1) is 23.8. The first-order chi connectivity index (χ1) is 14.2. The van der Waals surface area contributed by atoms with Crippen LogP contribution in [0.3, 0.4) is 0 Å². The van der Waals surface area contributed by atoms with Crippen molar-refractivity contribution in [3.05, 3.63) is 53.2 Å². The Morgan fingerprint density at radius 3 is 2.60 bits per heavy atom. The first-order valence-corrected chi connectivity index (χ1v) is 9.86. The first-order valence-electron chi connectivity index (χ1n) is 9.48.